The largest absolute Gasteiger partial charge is 0.496 e. The van der Waals surface area contributed by atoms with Crippen molar-refractivity contribution >= 4 is 0 Å². The zero-order chi connectivity index (χ0) is 14.5. The minimum Gasteiger partial charge on any atom is -0.496 e. The lowest BCUT2D eigenvalue weighted by atomic mass is 9.97. The van der Waals surface area contributed by atoms with E-state index in [4.69, 9.17) is 4.74 Å². The third-order valence-corrected chi connectivity index (χ3v) is 3.71. The van der Waals surface area contributed by atoms with Crippen molar-refractivity contribution in [2.45, 2.75) is 26.3 Å². The fourth-order valence-corrected chi connectivity index (χ4v) is 2.58. The van der Waals surface area contributed by atoms with E-state index in [9.17, 15) is 0 Å². The minimum absolute atomic E-state index is 0.394. The monoisotopic (exact) mass is 269 g/mol. The summed E-state index contributed by atoms with van der Waals surface area (Å²) in [4.78, 5) is 0. The van der Waals surface area contributed by atoms with Crippen molar-refractivity contribution in [3.63, 3.8) is 0 Å². The normalized spacial score (nSPS) is 12.2. The van der Waals surface area contributed by atoms with E-state index in [0.29, 0.717) is 6.04 Å². The molecule has 1 N–H and O–H groups in total. The number of ether oxygens (including phenoxy) is 1. The Morgan fingerprint density at radius 2 is 1.95 bits per heavy atom. The van der Waals surface area contributed by atoms with Crippen LogP contribution in [0, 0.1) is 6.92 Å². The average Bonchev–Trinajstić information content (AvgIpc) is 2.49. The summed E-state index contributed by atoms with van der Waals surface area (Å²) >= 11 is 0. The number of aryl methyl sites for hydroxylation is 1. The van der Waals surface area contributed by atoms with Gasteiger partial charge >= 0.3 is 0 Å². The van der Waals surface area contributed by atoms with Crippen LogP contribution in [0.5, 0.6) is 5.75 Å². The summed E-state index contributed by atoms with van der Waals surface area (Å²) in [6.45, 7) is 4.30. The summed E-state index contributed by atoms with van der Waals surface area (Å²) in [7, 11) is 3.73. The molecular formula is C18H23NO. The maximum atomic E-state index is 5.49. The van der Waals surface area contributed by atoms with E-state index >= 15 is 0 Å². The number of rotatable bonds is 5. The first kappa shape index (κ1) is 14.6. The molecule has 0 radical (unpaired) electrons. The molecule has 2 heteroatoms. The smallest absolute Gasteiger partial charge is 0.126 e. The van der Waals surface area contributed by atoms with E-state index in [1.54, 1.807) is 7.11 Å². The zero-order valence-corrected chi connectivity index (χ0v) is 12.7. The van der Waals surface area contributed by atoms with Gasteiger partial charge in [0.2, 0.25) is 0 Å². The molecule has 2 nitrogen and oxygen atoms in total. The van der Waals surface area contributed by atoms with Crippen LogP contribution in [0.15, 0.2) is 42.5 Å². The first-order valence-corrected chi connectivity index (χ1v) is 7.11. The zero-order valence-electron chi connectivity index (χ0n) is 12.7. The van der Waals surface area contributed by atoms with Crippen molar-refractivity contribution in [1.82, 2.24) is 5.32 Å². The highest BCUT2D eigenvalue weighted by atomic mass is 16.5. The molecule has 0 fully saturated rings. The Kier molecular flexibility index (Phi) is 4.80. The molecule has 2 aromatic rings. The highest BCUT2D eigenvalue weighted by Gasteiger charge is 2.10. The van der Waals surface area contributed by atoms with Gasteiger partial charge in [-0.15, -0.1) is 0 Å². The topological polar surface area (TPSA) is 21.3 Å². The Labute approximate surface area is 121 Å². The number of hydrogen-bond acceptors (Lipinski definition) is 2. The van der Waals surface area contributed by atoms with Crippen molar-refractivity contribution in [2.24, 2.45) is 0 Å². The van der Waals surface area contributed by atoms with Crippen LogP contribution in [0.3, 0.4) is 0 Å². The van der Waals surface area contributed by atoms with Crippen LogP contribution < -0.4 is 10.1 Å². The molecular weight excluding hydrogens is 246 g/mol. The van der Waals surface area contributed by atoms with Crippen molar-refractivity contribution < 1.29 is 4.74 Å². The second-order valence-electron chi connectivity index (χ2n) is 5.08. The Morgan fingerprint density at radius 3 is 2.60 bits per heavy atom. The van der Waals surface area contributed by atoms with Gasteiger partial charge in [-0.25, -0.2) is 0 Å². The number of methoxy groups -OCH3 is 1. The van der Waals surface area contributed by atoms with Gasteiger partial charge < -0.3 is 10.1 Å². The highest BCUT2D eigenvalue weighted by Crippen LogP contribution is 2.32. The first-order valence-electron chi connectivity index (χ1n) is 7.11. The molecule has 0 aliphatic heterocycles. The Hall–Kier alpha value is -1.80. The molecule has 0 aromatic heterocycles. The quantitative estimate of drug-likeness (QED) is 0.871. The predicted molar refractivity (Wildman–Crippen MR) is 85.3 cm³/mol. The molecule has 0 amide bonds. The maximum Gasteiger partial charge on any atom is 0.126 e. The molecule has 106 valence electrons. The maximum absolute atomic E-state index is 5.49. The lowest BCUT2D eigenvalue weighted by Crippen LogP contribution is -2.15. The summed E-state index contributed by atoms with van der Waals surface area (Å²) in [5, 5.41) is 3.36. The minimum atomic E-state index is 0.394. The fourth-order valence-electron chi connectivity index (χ4n) is 2.58. The lowest BCUT2D eigenvalue weighted by molar-refractivity contribution is 0.416. The molecule has 1 atom stereocenters. The third kappa shape index (κ3) is 3.02. The number of hydrogen-bond donors (Lipinski definition) is 1. The third-order valence-electron chi connectivity index (χ3n) is 3.71. The Morgan fingerprint density at radius 1 is 1.15 bits per heavy atom. The van der Waals surface area contributed by atoms with Crippen LogP contribution in [0.1, 0.15) is 30.5 Å². The van der Waals surface area contributed by atoms with Crippen LogP contribution >= 0.6 is 0 Å². The standard InChI is InChI=1S/C18H23NO/c1-5-17(19-3)15-8-6-7-14(12-15)16-11-13(2)9-10-18(16)20-4/h6-12,17,19H,5H2,1-4H3. The van der Waals surface area contributed by atoms with E-state index in [0.717, 1.165) is 17.7 Å². The molecule has 0 bridgehead atoms. The van der Waals surface area contributed by atoms with Crippen LogP contribution in [0.4, 0.5) is 0 Å². The highest BCUT2D eigenvalue weighted by molar-refractivity contribution is 5.71. The summed E-state index contributed by atoms with van der Waals surface area (Å²) in [5.74, 6) is 0.922. The molecule has 0 spiro atoms. The van der Waals surface area contributed by atoms with Gasteiger partial charge in [-0.2, -0.15) is 0 Å². The molecule has 2 aromatic carbocycles. The van der Waals surface area contributed by atoms with Gasteiger partial charge in [0.1, 0.15) is 5.75 Å². The van der Waals surface area contributed by atoms with Crippen molar-refractivity contribution in [3.8, 4) is 16.9 Å². The lowest BCUT2D eigenvalue weighted by Gasteiger charge is -2.16. The van der Waals surface area contributed by atoms with Crippen molar-refractivity contribution in [2.75, 3.05) is 14.2 Å². The molecule has 1 unspecified atom stereocenters. The van der Waals surface area contributed by atoms with Crippen LogP contribution in [0.2, 0.25) is 0 Å². The van der Waals surface area contributed by atoms with Gasteiger partial charge in [0.15, 0.2) is 0 Å². The summed E-state index contributed by atoms with van der Waals surface area (Å²) in [5.41, 5.74) is 4.92. The molecule has 0 saturated carbocycles. The van der Waals surface area contributed by atoms with Gasteiger partial charge in [0, 0.05) is 11.6 Å². The second-order valence-corrected chi connectivity index (χ2v) is 5.08. The molecule has 0 saturated heterocycles. The Bertz CT molecular complexity index is 573. The SMILES string of the molecule is CCC(NC)c1cccc(-c2cc(C)ccc2OC)c1. The van der Waals surface area contributed by atoms with Crippen molar-refractivity contribution in [3.05, 3.63) is 53.6 Å². The van der Waals surface area contributed by atoms with Crippen LogP contribution in [-0.2, 0) is 0 Å². The molecule has 2 rings (SSSR count). The van der Waals surface area contributed by atoms with Gasteiger partial charge in [-0.3, -0.25) is 0 Å². The summed E-state index contributed by atoms with van der Waals surface area (Å²) in [6.07, 6.45) is 1.07. The number of benzene rings is 2. The van der Waals surface area contributed by atoms with E-state index in [1.807, 2.05) is 13.1 Å². The molecule has 20 heavy (non-hydrogen) atoms. The molecule has 0 heterocycles. The average molecular weight is 269 g/mol. The number of nitrogens with one attached hydrogen (secondary N) is 1. The van der Waals surface area contributed by atoms with E-state index in [2.05, 4.69) is 55.6 Å². The van der Waals surface area contributed by atoms with Gasteiger partial charge in [-0.1, -0.05) is 36.8 Å². The first-order chi connectivity index (χ1) is 9.69. The Balaban J connectivity index is 2.48. The summed E-state index contributed by atoms with van der Waals surface area (Å²) in [6, 6.07) is 15.4. The van der Waals surface area contributed by atoms with E-state index in [1.165, 1.54) is 16.7 Å². The van der Waals surface area contributed by atoms with Gasteiger partial charge in [-0.05, 0) is 49.7 Å². The van der Waals surface area contributed by atoms with Crippen molar-refractivity contribution in [1.29, 1.82) is 0 Å². The van der Waals surface area contributed by atoms with Crippen LogP contribution in [-0.4, -0.2) is 14.2 Å². The van der Waals surface area contributed by atoms with E-state index < -0.39 is 0 Å². The molecule has 0 aliphatic carbocycles. The van der Waals surface area contributed by atoms with Crippen LogP contribution in [0.25, 0.3) is 11.1 Å². The predicted octanol–water partition coefficient (Wildman–Crippen LogP) is 4.34. The molecule has 0 aliphatic rings. The van der Waals surface area contributed by atoms with E-state index in [-0.39, 0.29) is 0 Å². The second kappa shape index (κ2) is 6.58. The summed E-state index contributed by atoms with van der Waals surface area (Å²) < 4.78 is 5.49. The van der Waals surface area contributed by atoms with Gasteiger partial charge in [0.05, 0.1) is 7.11 Å². The fraction of sp³-hybridized carbons (Fsp3) is 0.333. The van der Waals surface area contributed by atoms with Gasteiger partial charge in [0.25, 0.3) is 0 Å².